The van der Waals surface area contributed by atoms with Crippen LogP contribution in [0.15, 0.2) is 0 Å². The van der Waals surface area contributed by atoms with Crippen molar-refractivity contribution in [3.05, 3.63) is 0 Å². The van der Waals surface area contributed by atoms with E-state index in [1.165, 1.54) is 39.0 Å². The summed E-state index contributed by atoms with van der Waals surface area (Å²) in [5.41, 5.74) is 0. The van der Waals surface area contributed by atoms with Gasteiger partial charge in [-0.3, -0.25) is 9.59 Å². The van der Waals surface area contributed by atoms with E-state index in [1.54, 1.807) is 0 Å². The largest absolute Gasteiger partial charge is 0.481 e. The van der Waals surface area contributed by atoms with E-state index in [9.17, 15) is 19.2 Å². The number of carbonyl (C=O) groups excluding carboxylic acids is 2. The number of ketones is 1. The van der Waals surface area contributed by atoms with Crippen LogP contribution in [0.25, 0.3) is 0 Å². The molecular formula is C22H39NO6. The standard InChI is InChI=1S/C22H39NO6/c1-18(24)16-17-19(22(28)29)23-20(25)14-12-10-8-6-4-2-3-5-7-9-11-13-15-21(26)27/h19H,2-17H2,1H3,(H,23,25)(H,26,27)(H,28,29). The van der Waals surface area contributed by atoms with E-state index in [0.29, 0.717) is 6.42 Å². The highest BCUT2D eigenvalue weighted by atomic mass is 16.4. The zero-order valence-corrected chi connectivity index (χ0v) is 17.9. The maximum absolute atomic E-state index is 11.8. The molecule has 1 atom stereocenters. The van der Waals surface area contributed by atoms with Crippen LogP contribution >= 0.6 is 0 Å². The number of hydrogen-bond acceptors (Lipinski definition) is 4. The lowest BCUT2D eigenvalue weighted by Gasteiger charge is -2.13. The summed E-state index contributed by atoms with van der Waals surface area (Å²) in [4.78, 5) is 44.3. The van der Waals surface area contributed by atoms with Crippen molar-refractivity contribution >= 4 is 23.6 Å². The predicted molar refractivity (Wildman–Crippen MR) is 112 cm³/mol. The molecule has 0 saturated carbocycles. The van der Waals surface area contributed by atoms with Crippen LogP contribution in [-0.4, -0.2) is 39.9 Å². The number of hydrogen-bond donors (Lipinski definition) is 3. The second-order valence-corrected chi connectivity index (χ2v) is 7.84. The Hall–Kier alpha value is -1.92. The third kappa shape index (κ3) is 19.2. The minimum Gasteiger partial charge on any atom is -0.481 e. The average Bonchev–Trinajstić information content (AvgIpc) is 2.64. The van der Waals surface area contributed by atoms with Gasteiger partial charge in [0.1, 0.15) is 11.8 Å². The molecule has 3 N–H and O–H groups in total. The van der Waals surface area contributed by atoms with Crippen molar-refractivity contribution in [1.82, 2.24) is 5.32 Å². The van der Waals surface area contributed by atoms with E-state index in [-0.39, 0.29) is 31.0 Å². The van der Waals surface area contributed by atoms with Gasteiger partial charge in [0.15, 0.2) is 0 Å². The normalized spacial score (nSPS) is 11.8. The summed E-state index contributed by atoms with van der Waals surface area (Å²) in [5, 5.41) is 20.1. The van der Waals surface area contributed by atoms with E-state index in [0.717, 1.165) is 44.9 Å². The van der Waals surface area contributed by atoms with Crippen molar-refractivity contribution in [3.63, 3.8) is 0 Å². The summed E-state index contributed by atoms with van der Waals surface area (Å²) >= 11 is 0. The zero-order chi connectivity index (χ0) is 21.9. The third-order valence-corrected chi connectivity index (χ3v) is 4.96. The van der Waals surface area contributed by atoms with Crippen molar-refractivity contribution in [2.75, 3.05) is 0 Å². The van der Waals surface area contributed by atoms with Gasteiger partial charge >= 0.3 is 11.9 Å². The molecule has 1 unspecified atom stereocenters. The van der Waals surface area contributed by atoms with E-state index >= 15 is 0 Å². The van der Waals surface area contributed by atoms with Gasteiger partial charge in [-0.15, -0.1) is 0 Å². The van der Waals surface area contributed by atoms with Gasteiger partial charge in [-0.2, -0.15) is 0 Å². The van der Waals surface area contributed by atoms with Crippen molar-refractivity contribution in [2.45, 2.75) is 116 Å². The van der Waals surface area contributed by atoms with Gasteiger partial charge < -0.3 is 20.3 Å². The zero-order valence-electron chi connectivity index (χ0n) is 17.9. The van der Waals surface area contributed by atoms with Gasteiger partial charge in [0.25, 0.3) is 0 Å². The molecule has 0 fully saturated rings. The topological polar surface area (TPSA) is 121 Å². The number of carbonyl (C=O) groups is 4. The molecule has 0 rings (SSSR count). The number of unbranched alkanes of at least 4 members (excludes halogenated alkanes) is 11. The molecule has 0 aromatic heterocycles. The van der Waals surface area contributed by atoms with Crippen molar-refractivity contribution in [2.24, 2.45) is 0 Å². The summed E-state index contributed by atoms with van der Waals surface area (Å²) in [6.45, 7) is 1.41. The summed E-state index contributed by atoms with van der Waals surface area (Å²) in [7, 11) is 0. The first-order valence-electron chi connectivity index (χ1n) is 11.1. The van der Waals surface area contributed by atoms with Gasteiger partial charge in [-0.25, -0.2) is 4.79 Å². The molecule has 0 bridgehead atoms. The van der Waals surface area contributed by atoms with Crippen molar-refractivity contribution in [1.29, 1.82) is 0 Å². The molecule has 0 aromatic carbocycles. The maximum atomic E-state index is 11.8. The quantitative estimate of drug-likeness (QED) is 0.253. The molecule has 7 nitrogen and oxygen atoms in total. The second-order valence-electron chi connectivity index (χ2n) is 7.84. The predicted octanol–water partition coefficient (Wildman–Crippen LogP) is 4.47. The number of aliphatic carboxylic acids is 2. The lowest BCUT2D eigenvalue weighted by Crippen LogP contribution is -2.40. The second kappa shape index (κ2) is 18.1. The Bertz CT molecular complexity index is 492. The first-order valence-corrected chi connectivity index (χ1v) is 11.1. The monoisotopic (exact) mass is 413 g/mol. The van der Waals surface area contributed by atoms with Crippen LogP contribution in [0.4, 0.5) is 0 Å². The Balaban J connectivity index is 3.48. The van der Waals surface area contributed by atoms with E-state index < -0.39 is 18.0 Å². The highest BCUT2D eigenvalue weighted by Gasteiger charge is 2.19. The minimum atomic E-state index is -1.10. The number of carboxylic acids is 2. The van der Waals surface area contributed by atoms with Gasteiger partial charge in [0.2, 0.25) is 5.91 Å². The fraction of sp³-hybridized carbons (Fsp3) is 0.818. The molecule has 29 heavy (non-hydrogen) atoms. The highest BCUT2D eigenvalue weighted by Crippen LogP contribution is 2.13. The van der Waals surface area contributed by atoms with Gasteiger partial charge in [0, 0.05) is 19.3 Å². The Morgan fingerprint density at radius 1 is 0.655 bits per heavy atom. The average molecular weight is 414 g/mol. The molecule has 0 aliphatic heterocycles. The van der Waals surface area contributed by atoms with Crippen LogP contribution in [-0.2, 0) is 19.2 Å². The van der Waals surface area contributed by atoms with Gasteiger partial charge in [-0.05, 0) is 26.2 Å². The molecule has 0 radical (unpaired) electrons. The third-order valence-electron chi connectivity index (χ3n) is 4.96. The SMILES string of the molecule is CC(=O)CCC(NC(=O)CCCCCCCCCCCCCCC(=O)O)C(=O)O. The molecule has 1 amide bonds. The lowest BCUT2D eigenvalue weighted by molar-refractivity contribution is -0.142. The van der Waals surface area contributed by atoms with E-state index in [2.05, 4.69) is 5.32 Å². The van der Waals surface area contributed by atoms with Crippen LogP contribution in [0, 0.1) is 0 Å². The fourth-order valence-corrected chi connectivity index (χ4v) is 3.20. The first-order chi connectivity index (χ1) is 13.8. The van der Waals surface area contributed by atoms with Crippen LogP contribution in [0.3, 0.4) is 0 Å². The molecule has 0 saturated heterocycles. The number of amides is 1. The van der Waals surface area contributed by atoms with Crippen molar-refractivity contribution < 1.29 is 29.4 Å². The molecule has 0 aliphatic carbocycles. The van der Waals surface area contributed by atoms with Crippen LogP contribution < -0.4 is 5.32 Å². The molecule has 0 aromatic rings. The highest BCUT2D eigenvalue weighted by molar-refractivity contribution is 5.84. The smallest absolute Gasteiger partial charge is 0.326 e. The summed E-state index contributed by atoms with van der Waals surface area (Å²) in [5.74, 6) is -2.15. The van der Waals surface area contributed by atoms with E-state index in [4.69, 9.17) is 10.2 Å². The van der Waals surface area contributed by atoms with Crippen LogP contribution in [0.5, 0.6) is 0 Å². The number of Topliss-reactive ketones (excluding diaryl/α,β-unsaturated/α-hetero) is 1. The van der Waals surface area contributed by atoms with Crippen LogP contribution in [0.1, 0.15) is 110 Å². The van der Waals surface area contributed by atoms with E-state index in [1.807, 2.05) is 0 Å². The molecular weight excluding hydrogens is 374 g/mol. The maximum Gasteiger partial charge on any atom is 0.326 e. The summed E-state index contributed by atoms with van der Waals surface area (Å²) in [6.07, 6.45) is 13.8. The summed E-state index contributed by atoms with van der Waals surface area (Å²) in [6, 6.07) is -0.983. The van der Waals surface area contributed by atoms with Gasteiger partial charge in [-0.1, -0.05) is 64.2 Å². The molecule has 7 heteroatoms. The Labute approximate surface area is 174 Å². The molecule has 0 aliphatic rings. The number of rotatable bonds is 20. The lowest BCUT2D eigenvalue weighted by atomic mass is 10.0. The van der Waals surface area contributed by atoms with Gasteiger partial charge in [0.05, 0.1) is 0 Å². The molecule has 0 spiro atoms. The first kappa shape index (κ1) is 27.1. The summed E-state index contributed by atoms with van der Waals surface area (Å²) < 4.78 is 0. The Kier molecular flexibility index (Phi) is 16.9. The molecule has 168 valence electrons. The number of carboxylic acid groups (broad SMARTS) is 2. The molecule has 0 heterocycles. The minimum absolute atomic E-state index is 0.0822. The fourth-order valence-electron chi connectivity index (χ4n) is 3.20. The Morgan fingerprint density at radius 2 is 1.07 bits per heavy atom. The van der Waals surface area contributed by atoms with Crippen LogP contribution in [0.2, 0.25) is 0 Å². The Morgan fingerprint density at radius 3 is 1.45 bits per heavy atom. The number of nitrogens with one attached hydrogen (secondary N) is 1. The van der Waals surface area contributed by atoms with Crippen molar-refractivity contribution in [3.8, 4) is 0 Å².